The highest BCUT2D eigenvalue weighted by Crippen LogP contribution is 2.35. The van der Waals surface area contributed by atoms with Crippen LogP contribution in [-0.4, -0.2) is 18.6 Å². The monoisotopic (exact) mass is 266 g/mol. The van der Waals surface area contributed by atoms with Crippen LogP contribution in [0.15, 0.2) is 18.2 Å². The number of nitrogens with zero attached hydrogens (tertiary/aromatic N) is 1. The molecule has 1 fully saturated rings. The van der Waals surface area contributed by atoms with Gasteiger partial charge in [0.15, 0.2) is 0 Å². The van der Waals surface area contributed by atoms with E-state index in [1.165, 1.54) is 30.5 Å². The molecule has 1 saturated heterocycles. The molecule has 100 valence electrons. The summed E-state index contributed by atoms with van der Waals surface area (Å²) >= 11 is 6.18. The fraction of sp³-hybridized carbons (Fsp3) is 0.600. The van der Waals surface area contributed by atoms with Crippen molar-refractivity contribution in [2.24, 2.45) is 5.73 Å². The van der Waals surface area contributed by atoms with Crippen molar-refractivity contribution in [1.29, 1.82) is 0 Å². The van der Waals surface area contributed by atoms with Crippen LogP contribution in [0.5, 0.6) is 0 Å². The minimum absolute atomic E-state index is 0.602. The summed E-state index contributed by atoms with van der Waals surface area (Å²) in [5.74, 6) is 0. The van der Waals surface area contributed by atoms with Crippen molar-refractivity contribution in [3.63, 3.8) is 0 Å². The van der Waals surface area contributed by atoms with Gasteiger partial charge in [-0.2, -0.15) is 0 Å². The van der Waals surface area contributed by atoms with E-state index >= 15 is 0 Å². The molecule has 1 aromatic rings. The SMILES string of the molecule is CCC1CCC(C)N1c1cc(Cl)ccc1CCN. The lowest BCUT2D eigenvalue weighted by Crippen LogP contribution is -2.35. The fourth-order valence-corrected chi connectivity index (χ4v) is 3.22. The second kappa shape index (κ2) is 5.94. The highest BCUT2D eigenvalue weighted by atomic mass is 35.5. The predicted octanol–water partition coefficient (Wildman–Crippen LogP) is 3.61. The van der Waals surface area contributed by atoms with Crippen molar-refractivity contribution in [3.8, 4) is 0 Å². The molecular formula is C15H23ClN2. The van der Waals surface area contributed by atoms with E-state index in [1.807, 2.05) is 6.07 Å². The third kappa shape index (κ3) is 2.65. The zero-order valence-electron chi connectivity index (χ0n) is 11.3. The third-order valence-electron chi connectivity index (χ3n) is 4.00. The van der Waals surface area contributed by atoms with Crippen LogP contribution in [0.4, 0.5) is 5.69 Å². The molecule has 2 N–H and O–H groups in total. The number of rotatable bonds is 4. The lowest BCUT2D eigenvalue weighted by molar-refractivity contribution is 0.625. The second-order valence-corrected chi connectivity index (χ2v) is 5.64. The number of nitrogens with two attached hydrogens (primary N) is 1. The molecule has 1 heterocycles. The van der Waals surface area contributed by atoms with Crippen LogP contribution in [0.25, 0.3) is 0 Å². The molecule has 1 aliphatic rings. The molecule has 1 aromatic carbocycles. The third-order valence-corrected chi connectivity index (χ3v) is 4.23. The van der Waals surface area contributed by atoms with Crippen molar-refractivity contribution in [1.82, 2.24) is 0 Å². The molecule has 0 amide bonds. The van der Waals surface area contributed by atoms with Crippen LogP contribution in [0.2, 0.25) is 5.02 Å². The van der Waals surface area contributed by atoms with Gasteiger partial charge in [0.2, 0.25) is 0 Å². The summed E-state index contributed by atoms with van der Waals surface area (Å²) in [5, 5.41) is 0.819. The number of benzene rings is 1. The van der Waals surface area contributed by atoms with Gasteiger partial charge in [-0.05, 0) is 56.8 Å². The summed E-state index contributed by atoms with van der Waals surface area (Å²) < 4.78 is 0. The van der Waals surface area contributed by atoms with E-state index in [-0.39, 0.29) is 0 Å². The average molecular weight is 267 g/mol. The first-order valence-electron chi connectivity index (χ1n) is 6.94. The van der Waals surface area contributed by atoms with Crippen LogP contribution in [0, 0.1) is 0 Å². The lowest BCUT2D eigenvalue weighted by Gasteiger charge is -2.32. The maximum absolute atomic E-state index is 6.18. The quantitative estimate of drug-likeness (QED) is 0.902. The van der Waals surface area contributed by atoms with Gasteiger partial charge in [-0.1, -0.05) is 24.6 Å². The predicted molar refractivity (Wildman–Crippen MR) is 79.5 cm³/mol. The molecule has 2 unspecified atom stereocenters. The molecule has 0 radical (unpaired) electrons. The van der Waals surface area contributed by atoms with Gasteiger partial charge in [-0.3, -0.25) is 0 Å². The van der Waals surface area contributed by atoms with Crippen LogP contribution in [-0.2, 0) is 6.42 Å². The van der Waals surface area contributed by atoms with E-state index in [0.717, 1.165) is 11.4 Å². The largest absolute Gasteiger partial charge is 0.366 e. The Kier molecular flexibility index (Phi) is 4.52. The van der Waals surface area contributed by atoms with E-state index in [2.05, 4.69) is 30.9 Å². The van der Waals surface area contributed by atoms with Gasteiger partial charge in [0.1, 0.15) is 0 Å². The molecule has 0 saturated carbocycles. The highest BCUT2D eigenvalue weighted by Gasteiger charge is 2.30. The molecule has 2 rings (SSSR count). The van der Waals surface area contributed by atoms with Crippen molar-refractivity contribution in [3.05, 3.63) is 28.8 Å². The lowest BCUT2D eigenvalue weighted by atomic mass is 10.1. The van der Waals surface area contributed by atoms with Gasteiger partial charge in [0.05, 0.1) is 0 Å². The van der Waals surface area contributed by atoms with Gasteiger partial charge in [-0.25, -0.2) is 0 Å². The maximum Gasteiger partial charge on any atom is 0.0426 e. The highest BCUT2D eigenvalue weighted by molar-refractivity contribution is 6.30. The summed E-state index contributed by atoms with van der Waals surface area (Å²) in [6, 6.07) is 7.46. The molecule has 1 aliphatic heterocycles. The normalized spacial score (nSPS) is 23.7. The molecule has 3 heteroatoms. The Morgan fingerprint density at radius 3 is 2.83 bits per heavy atom. The summed E-state index contributed by atoms with van der Waals surface area (Å²) in [6.07, 6.45) is 4.67. The minimum atomic E-state index is 0.602. The van der Waals surface area contributed by atoms with Crippen LogP contribution >= 0.6 is 11.6 Å². The summed E-state index contributed by atoms with van der Waals surface area (Å²) in [6.45, 7) is 5.26. The summed E-state index contributed by atoms with van der Waals surface area (Å²) in [4.78, 5) is 2.55. The minimum Gasteiger partial charge on any atom is -0.366 e. The molecule has 2 nitrogen and oxygen atoms in total. The Morgan fingerprint density at radius 1 is 1.39 bits per heavy atom. The number of anilines is 1. The van der Waals surface area contributed by atoms with Gasteiger partial charge >= 0.3 is 0 Å². The molecule has 0 aliphatic carbocycles. The van der Waals surface area contributed by atoms with E-state index < -0.39 is 0 Å². The van der Waals surface area contributed by atoms with Crippen molar-refractivity contribution in [2.45, 2.75) is 51.6 Å². The standard InChI is InChI=1S/C15H23ClN2/c1-3-14-7-4-11(2)18(14)15-10-13(16)6-5-12(15)8-9-17/h5-6,10-11,14H,3-4,7-9,17H2,1-2H3. The van der Waals surface area contributed by atoms with E-state index in [1.54, 1.807) is 0 Å². The zero-order valence-corrected chi connectivity index (χ0v) is 12.1. The first kappa shape index (κ1) is 13.7. The van der Waals surface area contributed by atoms with Gasteiger partial charge in [0.25, 0.3) is 0 Å². The van der Waals surface area contributed by atoms with E-state index in [0.29, 0.717) is 18.6 Å². The summed E-state index contributed by atoms with van der Waals surface area (Å²) in [7, 11) is 0. The van der Waals surface area contributed by atoms with Crippen molar-refractivity contribution < 1.29 is 0 Å². The van der Waals surface area contributed by atoms with Gasteiger partial charge < -0.3 is 10.6 Å². The van der Waals surface area contributed by atoms with Crippen molar-refractivity contribution in [2.75, 3.05) is 11.4 Å². The Hall–Kier alpha value is -0.730. The smallest absolute Gasteiger partial charge is 0.0426 e. The summed E-state index contributed by atoms with van der Waals surface area (Å²) in [5.41, 5.74) is 8.34. The van der Waals surface area contributed by atoms with E-state index in [9.17, 15) is 0 Å². The molecule has 18 heavy (non-hydrogen) atoms. The topological polar surface area (TPSA) is 29.3 Å². The average Bonchev–Trinajstić information content (AvgIpc) is 2.73. The Labute approximate surface area is 115 Å². The Balaban J connectivity index is 2.38. The Morgan fingerprint density at radius 2 is 2.17 bits per heavy atom. The van der Waals surface area contributed by atoms with Crippen LogP contribution in [0.1, 0.15) is 38.7 Å². The van der Waals surface area contributed by atoms with Crippen molar-refractivity contribution >= 4 is 17.3 Å². The zero-order chi connectivity index (χ0) is 13.1. The Bertz CT molecular complexity index is 405. The van der Waals surface area contributed by atoms with Crippen LogP contribution < -0.4 is 10.6 Å². The molecule has 0 aromatic heterocycles. The van der Waals surface area contributed by atoms with E-state index in [4.69, 9.17) is 17.3 Å². The molecular weight excluding hydrogens is 244 g/mol. The van der Waals surface area contributed by atoms with Gasteiger partial charge in [-0.15, -0.1) is 0 Å². The first-order valence-corrected chi connectivity index (χ1v) is 7.32. The molecule has 0 spiro atoms. The first-order chi connectivity index (χ1) is 8.67. The second-order valence-electron chi connectivity index (χ2n) is 5.21. The number of hydrogen-bond donors (Lipinski definition) is 1. The maximum atomic E-state index is 6.18. The van der Waals surface area contributed by atoms with Crippen LogP contribution in [0.3, 0.4) is 0 Å². The molecule has 0 bridgehead atoms. The fourth-order valence-electron chi connectivity index (χ4n) is 3.05. The number of hydrogen-bond acceptors (Lipinski definition) is 2. The van der Waals surface area contributed by atoms with Gasteiger partial charge in [0, 0.05) is 22.8 Å². The number of halogens is 1. The molecule has 2 atom stereocenters.